The van der Waals surface area contributed by atoms with E-state index in [2.05, 4.69) is 25.8 Å². The number of ether oxygens (including phenoxy) is 1. The second-order valence-electron chi connectivity index (χ2n) is 5.89. The smallest absolute Gasteiger partial charge is 0.338 e. The lowest BCUT2D eigenvalue weighted by Gasteiger charge is -2.08. The Bertz CT molecular complexity index is 917. The lowest BCUT2D eigenvalue weighted by molar-refractivity contribution is 0.0526. The van der Waals surface area contributed by atoms with E-state index in [0.717, 1.165) is 17.7 Å². The predicted octanol–water partition coefficient (Wildman–Crippen LogP) is 3.59. The average molecular weight is 381 g/mol. The zero-order valence-electron chi connectivity index (χ0n) is 15.4. The van der Waals surface area contributed by atoms with Crippen LogP contribution in [0.5, 0.6) is 0 Å². The first-order valence-corrected chi connectivity index (χ1v) is 8.86. The van der Waals surface area contributed by atoms with E-state index >= 15 is 0 Å². The molecule has 1 heterocycles. The second kappa shape index (κ2) is 9.40. The molecular weight excluding hydrogens is 361 g/mol. The Kier molecular flexibility index (Phi) is 6.46. The summed E-state index contributed by atoms with van der Waals surface area (Å²) in [5.74, 6) is 0.292. The number of carbonyl (C=O) groups is 1. The van der Waals surface area contributed by atoms with Crippen LogP contribution in [-0.4, -0.2) is 34.3 Å². The van der Waals surface area contributed by atoms with Crippen LogP contribution in [0, 0.1) is 5.82 Å². The van der Waals surface area contributed by atoms with Gasteiger partial charge in [-0.3, -0.25) is 0 Å². The van der Waals surface area contributed by atoms with Crippen molar-refractivity contribution < 1.29 is 13.9 Å². The van der Waals surface area contributed by atoms with Crippen molar-refractivity contribution in [1.82, 2.24) is 15.2 Å². The predicted molar refractivity (Wildman–Crippen MR) is 104 cm³/mol. The summed E-state index contributed by atoms with van der Waals surface area (Å²) in [5.41, 5.74) is 2.22. The molecule has 2 N–H and O–H groups in total. The van der Waals surface area contributed by atoms with E-state index in [1.165, 1.54) is 18.3 Å². The molecule has 0 amide bonds. The highest BCUT2D eigenvalue weighted by Gasteiger charge is 2.07. The van der Waals surface area contributed by atoms with Crippen LogP contribution in [0.3, 0.4) is 0 Å². The summed E-state index contributed by atoms with van der Waals surface area (Å²) in [6.07, 6.45) is 2.25. The highest BCUT2D eigenvalue weighted by atomic mass is 19.1. The number of nitrogens with one attached hydrogen (secondary N) is 2. The van der Waals surface area contributed by atoms with Crippen molar-refractivity contribution in [3.63, 3.8) is 0 Å². The highest BCUT2D eigenvalue weighted by Crippen LogP contribution is 2.15. The second-order valence-corrected chi connectivity index (χ2v) is 5.89. The molecule has 0 saturated heterocycles. The number of nitrogens with zero attached hydrogens (tertiary/aromatic N) is 3. The third-order valence-electron chi connectivity index (χ3n) is 3.84. The minimum atomic E-state index is -0.362. The summed E-state index contributed by atoms with van der Waals surface area (Å²) in [5, 5.41) is 14.1. The molecule has 0 aliphatic rings. The van der Waals surface area contributed by atoms with E-state index in [-0.39, 0.29) is 11.8 Å². The molecule has 2 aromatic carbocycles. The first-order valence-electron chi connectivity index (χ1n) is 8.86. The molecule has 28 heavy (non-hydrogen) atoms. The Morgan fingerprint density at radius 2 is 1.86 bits per heavy atom. The third kappa shape index (κ3) is 5.47. The number of carbonyl (C=O) groups excluding carboxylic acids is 1. The molecule has 0 aliphatic carbocycles. The molecule has 0 aliphatic heterocycles. The van der Waals surface area contributed by atoms with E-state index in [4.69, 9.17) is 4.74 Å². The maximum Gasteiger partial charge on any atom is 0.338 e. The van der Waals surface area contributed by atoms with Crippen LogP contribution in [0.25, 0.3) is 0 Å². The van der Waals surface area contributed by atoms with Crippen molar-refractivity contribution >= 4 is 23.4 Å². The van der Waals surface area contributed by atoms with Crippen molar-refractivity contribution in [2.75, 3.05) is 23.8 Å². The van der Waals surface area contributed by atoms with Gasteiger partial charge in [0, 0.05) is 12.2 Å². The van der Waals surface area contributed by atoms with Crippen molar-refractivity contribution in [2.45, 2.75) is 13.3 Å². The fourth-order valence-electron chi connectivity index (χ4n) is 2.46. The lowest BCUT2D eigenvalue weighted by Crippen LogP contribution is -2.09. The van der Waals surface area contributed by atoms with Gasteiger partial charge < -0.3 is 15.4 Å². The normalized spacial score (nSPS) is 10.4. The Balaban J connectivity index is 1.55. The minimum absolute atomic E-state index is 0.247. The van der Waals surface area contributed by atoms with Gasteiger partial charge in [-0.25, -0.2) is 9.18 Å². The average Bonchev–Trinajstić information content (AvgIpc) is 2.71. The number of aromatic nitrogens is 3. The van der Waals surface area contributed by atoms with Crippen molar-refractivity contribution in [3.05, 3.63) is 71.7 Å². The molecule has 3 aromatic rings. The zero-order valence-corrected chi connectivity index (χ0v) is 15.4. The van der Waals surface area contributed by atoms with Gasteiger partial charge in [-0.05, 0) is 55.3 Å². The van der Waals surface area contributed by atoms with Crippen molar-refractivity contribution in [2.24, 2.45) is 0 Å². The molecule has 8 heteroatoms. The number of benzene rings is 2. The van der Waals surface area contributed by atoms with Crippen LogP contribution in [0.4, 0.5) is 21.8 Å². The number of esters is 1. The van der Waals surface area contributed by atoms with Crippen LogP contribution in [0.2, 0.25) is 0 Å². The molecule has 0 atom stereocenters. The van der Waals surface area contributed by atoms with E-state index in [9.17, 15) is 9.18 Å². The largest absolute Gasteiger partial charge is 0.462 e. The first-order chi connectivity index (χ1) is 13.6. The monoisotopic (exact) mass is 381 g/mol. The van der Waals surface area contributed by atoms with Gasteiger partial charge in [0.1, 0.15) is 5.82 Å². The number of hydrogen-bond acceptors (Lipinski definition) is 7. The third-order valence-corrected chi connectivity index (χ3v) is 3.84. The number of anilines is 3. The molecule has 0 saturated carbocycles. The fraction of sp³-hybridized carbons (Fsp3) is 0.200. The highest BCUT2D eigenvalue weighted by molar-refractivity contribution is 5.89. The Hall–Kier alpha value is -3.55. The molecule has 3 rings (SSSR count). The lowest BCUT2D eigenvalue weighted by atomic mass is 10.1. The van der Waals surface area contributed by atoms with Crippen LogP contribution in [-0.2, 0) is 11.2 Å². The van der Waals surface area contributed by atoms with E-state index in [1.54, 1.807) is 43.3 Å². The van der Waals surface area contributed by atoms with Gasteiger partial charge in [0.25, 0.3) is 0 Å². The molecule has 144 valence electrons. The van der Waals surface area contributed by atoms with Crippen molar-refractivity contribution in [3.8, 4) is 0 Å². The molecule has 1 aromatic heterocycles. The maximum absolute atomic E-state index is 12.9. The van der Waals surface area contributed by atoms with Crippen LogP contribution < -0.4 is 10.6 Å². The van der Waals surface area contributed by atoms with Crippen LogP contribution in [0.15, 0.2) is 54.7 Å². The van der Waals surface area contributed by atoms with Gasteiger partial charge >= 0.3 is 5.97 Å². The van der Waals surface area contributed by atoms with E-state index < -0.39 is 0 Å². The summed E-state index contributed by atoms with van der Waals surface area (Å²) in [6, 6.07) is 13.2. The molecule has 0 spiro atoms. The summed E-state index contributed by atoms with van der Waals surface area (Å²) in [4.78, 5) is 16.0. The molecule has 0 fully saturated rings. The Morgan fingerprint density at radius 3 is 2.57 bits per heavy atom. The van der Waals surface area contributed by atoms with Gasteiger partial charge in [0.2, 0.25) is 5.95 Å². The standard InChI is InChI=1S/C20H20FN5O2/c1-2-28-19(27)15-5-9-17(10-6-15)24-20-25-18(13-23-26-20)22-12-11-14-3-7-16(21)8-4-14/h3-10,13H,2,11-12H2,1H3,(H2,22,24,25,26). The molecule has 0 bridgehead atoms. The molecule has 0 unspecified atom stereocenters. The quantitative estimate of drug-likeness (QED) is 0.577. The van der Waals surface area contributed by atoms with Crippen LogP contribution in [0.1, 0.15) is 22.8 Å². The van der Waals surface area contributed by atoms with Gasteiger partial charge in [-0.2, -0.15) is 10.1 Å². The molecule has 7 nitrogen and oxygen atoms in total. The van der Waals surface area contributed by atoms with Gasteiger partial charge in [-0.1, -0.05) is 12.1 Å². The zero-order chi connectivity index (χ0) is 19.8. The SMILES string of the molecule is CCOC(=O)c1ccc(Nc2nncc(NCCc3ccc(F)cc3)n2)cc1. The topological polar surface area (TPSA) is 89.0 Å². The van der Waals surface area contributed by atoms with Crippen LogP contribution >= 0.6 is 0 Å². The Morgan fingerprint density at radius 1 is 1.11 bits per heavy atom. The fourth-order valence-corrected chi connectivity index (χ4v) is 2.46. The molecule has 0 radical (unpaired) electrons. The van der Waals surface area contributed by atoms with E-state index in [0.29, 0.717) is 30.5 Å². The summed E-state index contributed by atoms with van der Waals surface area (Å²) >= 11 is 0. The van der Waals surface area contributed by atoms with Gasteiger partial charge in [0.05, 0.1) is 18.4 Å². The minimum Gasteiger partial charge on any atom is -0.462 e. The Labute approximate surface area is 162 Å². The van der Waals surface area contributed by atoms with Gasteiger partial charge in [-0.15, -0.1) is 5.10 Å². The first kappa shape index (κ1) is 19.2. The summed E-state index contributed by atoms with van der Waals surface area (Å²) in [7, 11) is 0. The number of halogens is 1. The number of hydrogen-bond donors (Lipinski definition) is 2. The number of rotatable bonds is 8. The van der Waals surface area contributed by atoms with E-state index in [1.807, 2.05) is 0 Å². The molecular formula is C20H20FN5O2. The van der Waals surface area contributed by atoms with Crippen molar-refractivity contribution in [1.29, 1.82) is 0 Å². The summed E-state index contributed by atoms with van der Waals surface area (Å²) in [6.45, 7) is 2.72. The van der Waals surface area contributed by atoms with Gasteiger partial charge in [0.15, 0.2) is 5.82 Å². The maximum atomic E-state index is 12.9. The summed E-state index contributed by atoms with van der Waals surface area (Å²) < 4.78 is 17.9.